The Kier molecular flexibility index (Phi) is 4.31. The quantitative estimate of drug-likeness (QED) is 0.709. The zero-order valence-electron chi connectivity index (χ0n) is 7.38. The van der Waals surface area contributed by atoms with Crippen LogP contribution >= 0.6 is 11.8 Å². The summed E-state index contributed by atoms with van der Waals surface area (Å²) in [6.07, 6.45) is 6.56. The maximum Gasteiger partial charge on any atom is 0.00617 e. The Morgan fingerprint density at radius 2 is 2.27 bits per heavy atom. The molecule has 1 nitrogen and oxygen atoms in total. The standard InChI is InChI=1S/C9H19NS/c1-2-6-11-9-5-3-4-8(10)7-9/h8-9H,2-7,10H2,1H3. The summed E-state index contributed by atoms with van der Waals surface area (Å²) in [5.41, 5.74) is 5.88. The van der Waals surface area contributed by atoms with E-state index in [-0.39, 0.29) is 0 Å². The molecule has 1 fully saturated rings. The van der Waals surface area contributed by atoms with E-state index in [2.05, 4.69) is 18.7 Å². The minimum absolute atomic E-state index is 0.498. The topological polar surface area (TPSA) is 26.0 Å². The van der Waals surface area contributed by atoms with Crippen molar-refractivity contribution in [1.82, 2.24) is 0 Å². The van der Waals surface area contributed by atoms with E-state index in [0.29, 0.717) is 6.04 Å². The SMILES string of the molecule is CCCSC1CCCC(N)C1. The van der Waals surface area contributed by atoms with Crippen molar-refractivity contribution in [3.8, 4) is 0 Å². The lowest BCUT2D eigenvalue weighted by molar-refractivity contribution is 0.451. The van der Waals surface area contributed by atoms with Gasteiger partial charge in [0.2, 0.25) is 0 Å². The van der Waals surface area contributed by atoms with Crippen molar-refractivity contribution in [1.29, 1.82) is 0 Å². The summed E-state index contributed by atoms with van der Waals surface area (Å²) in [5.74, 6) is 1.32. The van der Waals surface area contributed by atoms with E-state index in [9.17, 15) is 0 Å². The van der Waals surface area contributed by atoms with Crippen LogP contribution in [0.4, 0.5) is 0 Å². The van der Waals surface area contributed by atoms with E-state index < -0.39 is 0 Å². The third-order valence-electron chi connectivity index (χ3n) is 2.22. The van der Waals surface area contributed by atoms with Gasteiger partial charge in [0, 0.05) is 11.3 Å². The lowest BCUT2D eigenvalue weighted by Gasteiger charge is -2.25. The first-order valence-corrected chi connectivity index (χ1v) is 5.75. The van der Waals surface area contributed by atoms with Crippen LogP contribution in [0.15, 0.2) is 0 Å². The van der Waals surface area contributed by atoms with Gasteiger partial charge in [0.1, 0.15) is 0 Å². The second kappa shape index (κ2) is 5.04. The Bertz CT molecular complexity index is 106. The highest BCUT2D eigenvalue weighted by molar-refractivity contribution is 7.99. The van der Waals surface area contributed by atoms with Crippen LogP contribution in [0.2, 0.25) is 0 Å². The molecule has 1 aliphatic carbocycles. The van der Waals surface area contributed by atoms with Gasteiger partial charge in [0.05, 0.1) is 0 Å². The Labute approximate surface area is 74.1 Å². The lowest BCUT2D eigenvalue weighted by atomic mass is 9.96. The van der Waals surface area contributed by atoms with E-state index in [1.807, 2.05) is 0 Å². The fourth-order valence-corrected chi connectivity index (χ4v) is 2.90. The molecule has 0 saturated heterocycles. The van der Waals surface area contributed by atoms with Gasteiger partial charge in [-0.2, -0.15) is 11.8 Å². The van der Waals surface area contributed by atoms with Gasteiger partial charge in [-0.05, 0) is 31.4 Å². The predicted octanol–water partition coefficient (Wildman–Crippen LogP) is 2.40. The molecule has 1 saturated carbocycles. The highest BCUT2D eigenvalue weighted by atomic mass is 32.2. The highest BCUT2D eigenvalue weighted by Gasteiger charge is 2.18. The van der Waals surface area contributed by atoms with Crippen molar-refractivity contribution in [3.05, 3.63) is 0 Å². The number of hydrogen-bond acceptors (Lipinski definition) is 2. The molecule has 0 aromatic carbocycles. The Hall–Kier alpha value is 0.310. The normalized spacial score (nSPS) is 32.2. The maximum atomic E-state index is 5.88. The summed E-state index contributed by atoms with van der Waals surface area (Å²) < 4.78 is 0. The molecule has 2 N–H and O–H groups in total. The van der Waals surface area contributed by atoms with Gasteiger partial charge in [0.15, 0.2) is 0 Å². The summed E-state index contributed by atoms with van der Waals surface area (Å²) in [4.78, 5) is 0. The monoisotopic (exact) mass is 173 g/mol. The summed E-state index contributed by atoms with van der Waals surface area (Å²) >= 11 is 2.12. The minimum Gasteiger partial charge on any atom is -0.328 e. The minimum atomic E-state index is 0.498. The van der Waals surface area contributed by atoms with Gasteiger partial charge < -0.3 is 5.73 Å². The first-order chi connectivity index (χ1) is 5.33. The second-order valence-electron chi connectivity index (χ2n) is 3.42. The fourth-order valence-electron chi connectivity index (χ4n) is 1.62. The Morgan fingerprint density at radius 3 is 2.91 bits per heavy atom. The van der Waals surface area contributed by atoms with Crippen LogP contribution < -0.4 is 5.73 Å². The zero-order chi connectivity index (χ0) is 8.10. The highest BCUT2D eigenvalue weighted by Crippen LogP contribution is 2.27. The van der Waals surface area contributed by atoms with Gasteiger partial charge in [-0.25, -0.2) is 0 Å². The van der Waals surface area contributed by atoms with Crippen molar-refractivity contribution < 1.29 is 0 Å². The summed E-state index contributed by atoms with van der Waals surface area (Å²) in [5, 5.41) is 0.874. The largest absolute Gasteiger partial charge is 0.328 e. The molecular weight excluding hydrogens is 154 g/mol. The average Bonchev–Trinajstić information content (AvgIpc) is 2.01. The van der Waals surface area contributed by atoms with Gasteiger partial charge in [0.25, 0.3) is 0 Å². The molecule has 0 bridgehead atoms. The third kappa shape index (κ3) is 3.48. The molecule has 0 amide bonds. The number of hydrogen-bond donors (Lipinski definition) is 1. The van der Waals surface area contributed by atoms with Crippen LogP contribution in [0.1, 0.15) is 39.0 Å². The lowest BCUT2D eigenvalue weighted by Crippen LogP contribution is -2.29. The zero-order valence-corrected chi connectivity index (χ0v) is 8.20. The van der Waals surface area contributed by atoms with E-state index in [1.54, 1.807) is 0 Å². The molecule has 2 heteroatoms. The predicted molar refractivity (Wildman–Crippen MR) is 53.0 cm³/mol. The summed E-state index contributed by atoms with van der Waals surface area (Å²) in [6.45, 7) is 2.25. The van der Waals surface area contributed by atoms with Gasteiger partial charge in [-0.15, -0.1) is 0 Å². The molecular formula is C9H19NS. The van der Waals surface area contributed by atoms with Gasteiger partial charge in [-0.3, -0.25) is 0 Å². The number of rotatable bonds is 3. The first-order valence-electron chi connectivity index (χ1n) is 4.70. The van der Waals surface area contributed by atoms with E-state index in [4.69, 9.17) is 5.73 Å². The second-order valence-corrected chi connectivity index (χ2v) is 4.83. The number of nitrogens with two attached hydrogens (primary N) is 1. The maximum absolute atomic E-state index is 5.88. The molecule has 66 valence electrons. The molecule has 0 aromatic heterocycles. The number of thioether (sulfide) groups is 1. The van der Waals surface area contributed by atoms with Crippen LogP contribution in [-0.2, 0) is 0 Å². The van der Waals surface area contributed by atoms with Crippen molar-refractivity contribution in [2.24, 2.45) is 5.73 Å². The smallest absolute Gasteiger partial charge is 0.00617 e. The molecule has 1 aliphatic rings. The van der Waals surface area contributed by atoms with Crippen molar-refractivity contribution >= 4 is 11.8 Å². The molecule has 1 rings (SSSR count). The molecule has 11 heavy (non-hydrogen) atoms. The molecule has 0 radical (unpaired) electrons. The molecule has 0 heterocycles. The molecule has 2 atom stereocenters. The van der Waals surface area contributed by atoms with E-state index in [1.165, 1.54) is 37.9 Å². The third-order valence-corrected chi connectivity index (χ3v) is 3.77. The first kappa shape index (κ1) is 9.40. The van der Waals surface area contributed by atoms with Crippen LogP contribution in [-0.4, -0.2) is 17.0 Å². The van der Waals surface area contributed by atoms with Gasteiger partial charge >= 0.3 is 0 Å². The fraction of sp³-hybridized carbons (Fsp3) is 1.00. The van der Waals surface area contributed by atoms with Crippen molar-refractivity contribution in [3.63, 3.8) is 0 Å². The molecule has 2 unspecified atom stereocenters. The van der Waals surface area contributed by atoms with Crippen LogP contribution in [0.25, 0.3) is 0 Å². The van der Waals surface area contributed by atoms with E-state index in [0.717, 1.165) is 5.25 Å². The van der Waals surface area contributed by atoms with Crippen LogP contribution in [0.5, 0.6) is 0 Å². The van der Waals surface area contributed by atoms with E-state index >= 15 is 0 Å². The summed E-state index contributed by atoms with van der Waals surface area (Å²) in [7, 11) is 0. The average molecular weight is 173 g/mol. The van der Waals surface area contributed by atoms with Gasteiger partial charge in [-0.1, -0.05) is 13.3 Å². The van der Waals surface area contributed by atoms with Crippen LogP contribution in [0, 0.1) is 0 Å². The molecule has 0 aromatic rings. The van der Waals surface area contributed by atoms with Crippen molar-refractivity contribution in [2.75, 3.05) is 5.75 Å². The molecule has 0 spiro atoms. The van der Waals surface area contributed by atoms with Crippen molar-refractivity contribution in [2.45, 2.75) is 50.3 Å². The Morgan fingerprint density at radius 1 is 1.45 bits per heavy atom. The molecule has 0 aliphatic heterocycles. The Balaban J connectivity index is 2.12. The van der Waals surface area contributed by atoms with Crippen LogP contribution in [0.3, 0.4) is 0 Å². The summed E-state index contributed by atoms with van der Waals surface area (Å²) in [6, 6.07) is 0.498.